The Morgan fingerprint density at radius 3 is 2.56 bits per heavy atom. The summed E-state index contributed by atoms with van der Waals surface area (Å²) < 4.78 is 32.7. The molecule has 2 heterocycles. The third-order valence-corrected chi connectivity index (χ3v) is 7.72. The highest BCUT2D eigenvalue weighted by Crippen LogP contribution is 2.30. The fraction of sp³-hybridized carbons (Fsp3) is 0.421. The van der Waals surface area contributed by atoms with E-state index in [1.807, 2.05) is 18.4 Å². The van der Waals surface area contributed by atoms with Crippen molar-refractivity contribution in [3.63, 3.8) is 0 Å². The number of benzene rings is 1. The lowest BCUT2D eigenvalue weighted by molar-refractivity contribution is 0.0786. The standard InChI is InChI=1S/C19H24N2O4S2/c1-14-8-11-26-17(14)13-20(2)19(22)15-6-7-16(25-3)18(12-15)27(23,24)21-9-4-5-10-21/h6-8,11-12H,4-5,9-10,13H2,1-3H3. The van der Waals surface area contributed by atoms with E-state index in [1.54, 1.807) is 35.4 Å². The van der Waals surface area contributed by atoms with Gasteiger partial charge < -0.3 is 9.64 Å². The smallest absolute Gasteiger partial charge is 0.253 e. The van der Waals surface area contributed by atoms with Gasteiger partial charge in [0, 0.05) is 30.6 Å². The third kappa shape index (κ3) is 4.02. The molecule has 8 heteroatoms. The average Bonchev–Trinajstić information content (AvgIpc) is 3.33. The number of hydrogen-bond donors (Lipinski definition) is 0. The molecule has 1 fully saturated rings. The van der Waals surface area contributed by atoms with Crippen LogP contribution >= 0.6 is 11.3 Å². The summed E-state index contributed by atoms with van der Waals surface area (Å²) in [6.45, 7) is 3.50. The van der Waals surface area contributed by atoms with Gasteiger partial charge >= 0.3 is 0 Å². The number of carbonyl (C=O) groups excluding carboxylic acids is 1. The molecule has 6 nitrogen and oxygen atoms in total. The molecular formula is C19H24N2O4S2. The molecule has 0 aliphatic carbocycles. The van der Waals surface area contributed by atoms with E-state index in [2.05, 4.69) is 0 Å². The highest BCUT2D eigenvalue weighted by atomic mass is 32.2. The summed E-state index contributed by atoms with van der Waals surface area (Å²) in [5.41, 5.74) is 1.48. The summed E-state index contributed by atoms with van der Waals surface area (Å²) in [5.74, 6) is 0.0403. The van der Waals surface area contributed by atoms with Gasteiger partial charge in [-0.05, 0) is 55.0 Å². The van der Waals surface area contributed by atoms with Crippen LogP contribution in [0.25, 0.3) is 0 Å². The molecule has 0 atom stereocenters. The van der Waals surface area contributed by atoms with Crippen LogP contribution in [0.2, 0.25) is 0 Å². The first-order valence-electron chi connectivity index (χ1n) is 8.81. The number of rotatable bonds is 6. The highest BCUT2D eigenvalue weighted by Gasteiger charge is 2.31. The average molecular weight is 409 g/mol. The number of hydrogen-bond acceptors (Lipinski definition) is 5. The first kappa shape index (κ1) is 19.9. The Kier molecular flexibility index (Phi) is 5.88. The largest absolute Gasteiger partial charge is 0.495 e. The fourth-order valence-electron chi connectivity index (χ4n) is 3.15. The number of ether oxygens (including phenoxy) is 1. The van der Waals surface area contributed by atoms with E-state index in [1.165, 1.54) is 17.5 Å². The molecule has 0 spiro atoms. The van der Waals surface area contributed by atoms with Crippen molar-refractivity contribution in [1.29, 1.82) is 0 Å². The first-order valence-corrected chi connectivity index (χ1v) is 11.1. The van der Waals surface area contributed by atoms with Crippen LogP contribution in [-0.4, -0.2) is 50.8 Å². The molecule has 2 aromatic rings. The maximum Gasteiger partial charge on any atom is 0.253 e. The molecule has 1 aliphatic rings. The second-order valence-corrected chi connectivity index (χ2v) is 9.57. The van der Waals surface area contributed by atoms with E-state index in [4.69, 9.17) is 4.74 Å². The molecule has 0 saturated carbocycles. The molecule has 0 unspecified atom stereocenters. The van der Waals surface area contributed by atoms with Crippen molar-refractivity contribution in [3.8, 4) is 5.75 Å². The van der Waals surface area contributed by atoms with Gasteiger partial charge in [-0.3, -0.25) is 4.79 Å². The second kappa shape index (κ2) is 8.00. The Bertz CT molecular complexity index is 931. The molecule has 1 aromatic carbocycles. The molecular weight excluding hydrogens is 384 g/mol. The zero-order chi connectivity index (χ0) is 19.6. The van der Waals surface area contributed by atoms with Crippen molar-refractivity contribution < 1.29 is 17.9 Å². The predicted molar refractivity (Wildman–Crippen MR) is 106 cm³/mol. The van der Waals surface area contributed by atoms with E-state index in [0.29, 0.717) is 25.2 Å². The molecule has 0 N–H and O–H groups in total. The number of sulfonamides is 1. The van der Waals surface area contributed by atoms with Gasteiger partial charge in [0.15, 0.2) is 0 Å². The minimum absolute atomic E-state index is 0.0541. The molecule has 27 heavy (non-hydrogen) atoms. The monoisotopic (exact) mass is 408 g/mol. The van der Waals surface area contributed by atoms with E-state index in [-0.39, 0.29) is 16.6 Å². The molecule has 3 rings (SSSR count). The van der Waals surface area contributed by atoms with Crippen molar-refractivity contribution in [2.24, 2.45) is 0 Å². The van der Waals surface area contributed by atoms with Crippen LogP contribution < -0.4 is 4.74 Å². The van der Waals surface area contributed by atoms with E-state index in [0.717, 1.165) is 23.3 Å². The van der Waals surface area contributed by atoms with Crippen molar-refractivity contribution in [1.82, 2.24) is 9.21 Å². The maximum atomic E-state index is 13.0. The summed E-state index contributed by atoms with van der Waals surface area (Å²) in [5, 5.41) is 2.00. The van der Waals surface area contributed by atoms with Gasteiger partial charge in [-0.25, -0.2) is 8.42 Å². The Balaban J connectivity index is 1.90. The number of carbonyl (C=O) groups is 1. The van der Waals surface area contributed by atoms with E-state index < -0.39 is 10.0 Å². The Morgan fingerprint density at radius 1 is 1.26 bits per heavy atom. The summed E-state index contributed by atoms with van der Waals surface area (Å²) in [4.78, 5) is 15.6. The highest BCUT2D eigenvalue weighted by molar-refractivity contribution is 7.89. The second-order valence-electron chi connectivity index (χ2n) is 6.66. The number of nitrogens with zero attached hydrogens (tertiary/aromatic N) is 2. The molecule has 0 radical (unpaired) electrons. The summed E-state index contributed by atoms with van der Waals surface area (Å²) >= 11 is 1.60. The molecule has 1 saturated heterocycles. The van der Waals surface area contributed by atoms with Gasteiger partial charge in [-0.15, -0.1) is 11.3 Å². The minimum atomic E-state index is -3.68. The maximum absolute atomic E-state index is 13.0. The van der Waals surface area contributed by atoms with Crippen LogP contribution in [0.5, 0.6) is 5.75 Å². The summed E-state index contributed by atoms with van der Waals surface area (Å²) in [7, 11) is -0.522. The SMILES string of the molecule is COc1ccc(C(=O)N(C)Cc2sccc2C)cc1S(=O)(=O)N1CCCC1. The topological polar surface area (TPSA) is 66.9 Å². The van der Waals surface area contributed by atoms with Crippen LogP contribution in [0.4, 0.5) is 0 Å². The van der Waals surface area contributed by atoms with E-state index >= 15 is 0 Å². The quantitative estimate of drug-likeness (QED) is 0.737. The fourth-order valence-corrected chi connectivity index (χ4v) is 5.81. The number of thiophene rings is 1. The Morgan fingerprint density at radius 2 is 1.96 bits per heavy atom. The zero-order valence-corrected chi connectivity index (χ0v) is 17.4. The van der Waals surface area contributed by atoms with Crippen LogP contribution in [0, 0.1) is 6.92 Å². The van der Waals surface area contributed by atoms with Crippen molar-refractivity contribution in [2.75, 3.05) is 27.2 Å². The molecule has 146 valence electrons. The Labute approximate surface area is 164 Å². The van der Waals surface area contributed by atoms with Crippen molar-refractivity contribution in [3.05, 3.63) is 45.6 Å². The summed E-state index contributed by atoms with van der Waals surface area (Å²) in [6.07, 6.45) is 1.70. The van der Waals surface area contributed by atoms with Crippen molar-refractivity contribution >= 4 is 27.3 Å². The molecule has 0 bridgehead atoms. The molecule has 1 amide bonds. The lowest BCUT2D eigenvalue weighted by Crippen LogP contribution is -2.29. The lowest BCUT2D eigenvalue weighted by atomic mass is 10.2. The molecule has 1 aromatic heterocycles. The van der Waals surface area contributed by atoms with Gasteiger partial charge in [-0.1, -0.05) is 0 Å². The van der Waals surface area contributed by atoms with Gasteiger partial charge in [0.25, 0.3) is 5.91 Å². The summed E-state index contributed by atoms with van der Waals surface area (Å²) in [6, 6.07) is 6.63. The van der Waals surface area contributed by atoms with Crippen LogP contribution in [0.15, 0.2) is 34.5 Å². The van der Waals surface area contributed by atoms with Gasteiger partial charge in [0.1, 0.15) is 10.6 Å². The number of aryl methyl sites for hydroxylation is 1. The Hall–Kier alpha value is -1.90. The lowest BCUT2D eigenvalue weighted by Gasteiger charge is -2.20. The normalized spacial score (nSPS) is 15.1. The third-order valence-electron chi connectivity index (χ3n) is 4.79. The van der Waals surface area contributed by atoms with E-state index in [9.17, 15) is 13.2 Å². The van der Waals surface area contributed by atoms with Gasteiger partial charge in [-0.2, -0.15) is 4.31 Å². The van der Waals surface area contributed by atoms with Crippen LogP contribution in [0.1, 0.15) is 33.6 Å². The number of amides is 1. The van der Waals surface area contributed by atoms with Gasteiger partial charge in [0.2, 0.25) is 10.0 Å². The zero-order valence-electron chi connectivity index (χ0n) is 15.8. The van der Waals surface area contributed by atoms with Gasteiger partial charge in [0.05, 0.1) is 13.7 Å². The minimum Gasteiger partial charge on any atom is -0.495 e. The number of methoxy groups -OCH3 is 1. The van der Waals surface area contributed by atoms with Crippen LogP contribution in [-0.2, 0) is 16.6 Å². The first-order chi connectivity index (χ1) is 12.8. The predicted octanol–water partition coefficient (Wildman–Crippen LogP) is 3.12. The molecule has 1 aliphatic heterocycles. The van der Waals surface area contributed by atoms with Crippen molar-refractivity contribution in [2.45, 2.75) is 31.2 Å². The van der Waals surface area contributed by atoms with Crippen LogP contribution in [0.3, 0.4) is 0 Å².